The highest BCUT2D eigenvalue weighted by Gasteiger charge is 2.50. The van der Waals surface area contributed by atoms with Crippen molar-refractivity contribution in [1.29, 1.82) is 0 Å². The van der Waals surface area contributed by atoms with Crippen LogP contribution in [0.4, 0.5) is 10.2 Å². The first-order valence-corrected chi connectivity index (χ1v) is 9.22. The van der Waals surface area contributed by atoms with E-state index in [0.29, 0.717) is 11.6 Å². The molecule has 7 heteroatoms. The number of nitrogens with zero attached hydrogens (tertiary/aromatic N) is 1. The number of carbonyl (C=O) groups is 1. The lowest BCUT2D eigenvalue weighted by Crippen LogP contribution is -2.07. The molecule has 1 amide bonds. The Morgan fingerprint density at radius 3 is 2.76 bits per heavy atom. The summed E-state index contributed by atoms with van der Waals surface area (Å²) >= 11 is 6.84. The second-order valence-corrected chi connectivity index (χ2v) is 7.49. The zero-order valence-electron chi connectivity index (χ0n) is 13.2. The van der Waals surface area contributed by atoms with Crippen LogP contribution in [-0.2, 0) is 4.79 Å². The summed E-state index contributed by atoms with van der Waals surface area (Å²) in [6.07, 6.45) is 5.53. The fourth-order valence-electron chi connectivity index (χ4n) is 2.58. The highest BCUT2D eigenvalue weighted by atomic mass is 79.9. The van der Waals surface area contributed by atoms with E-state index in [4.69, 9.17) is 4.52 Å². The topological polar surface area (TPSA) is 55.1 Å². The molecular weight excluding hydrogens is 455 g/mol. The average molecular weight is 470 g/mol. The summed E-state index contributed by atoms with van der Waals surface area (Å²) in [4.78, 5) is 11.7. The summed E-state index contributed by atoms with van der Waals surface area (Å²) in [6.45, 7) is 1.74. The van der Waals surface area contributed by atoms with Crippen LogP contribution < -0.4 is 5.32 Å². The number of alkyl halides is 1. The van der Waals surface area contributed by atoms with E-state index in [9.17, 15) is 9.18 Å². The Morgan fingerprint density at radius 2 is 2.08 bits per heavy atom. The van der Waals surface area contributed by atoms with Crippen LogP contribution in [-0.4, -0.2) is 17.2 Å². The van der Waals surface area contributed by atoms with Gasteiger partial charge in [0.05, 0.1) is 0 Å². The van der Waals surface area contributed by atoms with E-state index in [2.05, 4.69) is 42.3 Å². The summed E-state index contributed by atoms with van der Waals surface area (Å²) in [5.41, 5.74) is 0.959. The second-order valence-electron chi connectivity index (χ2n) is 5.78. The van der Waals surface area contributed by atoms with Crippen molar-refractivity contribution < 1.29 is 13.7 Å². The Balaban J connectivity index is 1.53. The van der Waals surface area contributed by atoms with E-state index in [1.54, 1.807) is 31.2 Å². The van der Waals surface area contributed by atoms with Gasteiger partial charge in [-0.2, -0.15) is 0 Å². The maximum absolute atomic E-state index is 14.0. The number of aryl methyl sites for hydroxylation is 1. The minimum atomic E-state index is -0.898. The SMILES string of the molecule is Cc1cc(NC(=O)/C=C/C=C/C2C(F)C2c2ccc(Br)c(Br)c2)no1. The van der Waals surface area contributed by atoms with E-state index in [0.717, 1.165) is 14.5 Å². The van der Waals surface area contributed by atoms with Gasteiger partial charge in [0.1, 0.15) is 11.9 Å². The largest absolute Gasteiger partial charge is 0.360 e. The molecule has 130 valence electrons. The fraction of sp³-hybridized carbons (Fsp3) is 0.222. The molecule has 1 aliphatic carbocycles. The first-order chi connectivity index (χ1) is 12.0. The zero-order chi connectivity index (χ0) is 18.0. The van der Waals surface area contributed by atoms with Crippen LogP contribution >= 0.6 is 31.9 Å². The van der Waals surface area contributed by atoms with E-state index >= 15 is 0 Å². The van der Waals surface area contributed by atoms with E-state index in [-0.39, 0.29) is 17.7 Å². The summed E-state index contributed by atoms with van der Waals surface area (Å²) < 4.78 is 20.7. The Bertz CT molecular complexity index is 847. The number of hydrogen-bond donors (Lipinski definition) is 1. The number of aromatic nitrogens is 1. The minimum Gasteiger partial charge on any atom is -0.360 e. The maximum Gasteiger partial charge on any atom is 0.249 e. The number of rotatable bonds is 5. The van der Waals surface area contributed by atoms with Gasteiger partial charge in [0.25, 0.3) is 0 Å². The summed E-state index contributed by atoms with van der Waals surface area (Å²) in [6, 6.07) is 7.38. The molecule has 0 saturated heterocycles. The number of halogens is 3. The lowest BCUT2D eigenvalue weighted by Gasteiger charge is -2.01. The van der Waals surface area contributed by atoms with Crippen LogP contribution in [0.5, 0.6) is 0 Å². The fourth-order valence-corrected chi connectivity index (χ4v) is 3.22. The molecule has 1 aromatic heterocycles. The quantitative estimate of drug-likeness (QED) is 0.476. The molecule has 3 unspecified atom stereocenters. The van der Waals surface area contributed by atoms with Crippen molar-refractivity contribution in [3.63, 3.8) is 0 Å². The van der Waals surface area contributed by atoms with Crippen molar-refractivity contribution in [2.75, 3.05) is 5.32 Å². The molecule has 0 radical (unpaired) electrons. The number of anilines is 1. The molecule has 3 rings (SSSR count). The summed E-state index contributed by atoms with van der Waals surface area (Å²) in [7, 11) is 0. The molecule has 1 aliphatic rings. The maximum atomic E-state index is 14.0. The van der Waals surface area contributed by atoms with Crippen LogP contribution in [0.25, 0.3) is 0 Å². The molecule has 1 N–H and O–H groups in total. The lowest BCUT2D eigenvalue weighted by atomic mass is 10.1. The number of allylic oxidation sites excluding steroid dienone is 3. The Labute approximate surface area is 161 Å². The smallest absolute Gasteiger partial charge is 0.249 e. The van der Waals surface area contributed by atoms with Crippen molar-refractivity contribution >= 4 is 43.6 Å². The number of carbonyl (C=O) groups excluding carboxylic acids is 1. The predicted molar refractivity (Wildman–Crippen MR) is 101 cm³/mol. The van der Waals surface area contributed by atoms with Crippen LogP contribution in [0.3, 0.4) is 0 Å². The molecule has 1 heterocycles. The van der Waals surface area contributed by atoms with Crippen LogP contribution in [0.2, 0.25) is 0 Å². The van der Waals surface area contributed by atoms with Crippen molar-refractivity contribution in [2.24, 2.45) is 5.92 Å². The third-order valence-electron chi connectivity index (χ3n) is 3.88. The van der Waals surface area contributed by atoms with Crippen LogP contribution in [0.15, 0.2) is 62.0 Å². The standard InChI is InChI=1S/C18H15Br2FN2O2/c1-10-8-15(23-25-10)22-16(24)5-3-2-4-12-17(18(12)21)11-6-7-13(19)14(20)9-11/h2-9,12,17-18H,1H3,(H,22,23,24)/b4-2+,5-3+. The first-order valence-electron chi connectivity index (χ1n) is 7.64. The predicted octanol–water partition coefficient (Wildman–Crippen LogP) is 5.31. The van der Waals surface area contributed by atoms with Gasteiger partial charge in [-0.1, -0.05) is 29.5 Å². The molecule has 2 aromatic rings. The molecule has 1 aromatic carbocycles. The van der Waals surface area contributed by atoms with Gasteiger partial charge in [0.15, 0.2) is 5.82 Å². The molecule has 25 heavy (non-hydrogen) atoms. The number of benzene rings is 1. The van der Waals surface area contributed by atoms with Crippen molar-refractivity contribution in [1.82, 2.24) is 5.16 Å². The molecule has 3 atom stereocenters. The van der Waals surface area contributed by atoms with E-state index in [1.807, 2.05) is 18.2 Å². The monoisotopic (exact) mass is 468 g/mol. The van der Waals surface area contributed by atoms with Gasteiger partial charge in [0, 0.05) is 32.9 Å². The van der Waals surface area contributed by atoms with Gasteiger partial charge >= 0.3 is 0 Å². The highest BCUT2D eigenvalue weighted by molar-refractivity contribution is 9.13. The van der Waals surface area contributed by atoms with Crippen molar-refractivity contribution in [3.05, 3.63) is 68.8 Å². The normalized spacial score (nSPS) is 22.6. The molecule has 1 fully saturated rings. The molecular formula is C18H15Br2FN2O2. The van der Waals surface area contributed by atoms with Gasteiger partial charge in [-0.3, -0.25) is 4.79 Å². The van der Waals surface area contributed by atoms with Gasteiger partial charge in [0.2, 0.25) is 5.91 Å². The number of amides is 1. The Hall–Kier alpha value is -1.73. The van der Waals surface area contributed by atoms with Gasteiger partial charge < -0.3 is 9.84 Å². The van der Waals surface area contributed by atoms with E-state index in [1.165, 1.54) is 6.08 Å². The molecule has 4 nitrogen and oxygen atoms in total. The summed E-state index contributed by atoms with van der Waals surface area (Å²) in [5, 5.41) is 6.25. The Kier molecular flexibility index (Phi) is 5.54. The summed E-state index contributed by atoms with van der Waals surface area (Å²) in [5.74, 6) is 0.356. The third-order valence-corrected chi connectivity index (χ3v) is 5.76. The van der Waals surface area contributed by atoms with Crippen molar-refractivity contribution in [2.45, 2.75) is 19.0 Å². The number of hydrogen-bond acceptors (Lipinski definition) is 3. The Morgan fingerprint density at radius 1 is 1.28 bits per heavy atom. The zero-order valence-corrected chi connectivity index (χ0v) is 16.4. The number of nitrogens with one attached hydrogen (secondary N) is 1. The van der Waals surface area contributed by atoms with Gasteiger partial charge in [-0.15, -0.1) is 0 Å². The minimum absolute atomic E-state index is 0.138. The third kappa shape index (κ3) is 4.46. The molecule has 0 aliphatic heterocycles. The van der Waals surface area contributed by atoms with Gasteiger partial charge in [-0.25, -0.2) is 4.39 Å². The van der Waals surface area contributed by atoms with E-state index < -0.39 is 6.17 Å². The van der Waals surface area contributed by atoms with Crippen molar-refractivity contribution in [3.8, 4) is 0 Å². The molecule has 0 bridgehead atoms. The molecule has 1 saturated carbocycles. The first kappa shape index (κ1) is 18.1. The van der Waals surface area contributed by atoms with Gasteiger partial charge in [-0.05, 0) is 56.5 Å². The highest BCUT2D eigenvalue weighted by Crippen LogP contribution is 2.51. The molecule has 0 spiro atoms. The van der Waals surface area contributed by atoms with Crippen LogP contribution in [0, 0.1) is 12.8 Å². The lowest BCUT2D eigenvalue weighted by molar-refractivity contribution is -0.111. The van der Waals surface area contributed by atoms with Crippen LogP contribution in [0.1, 0.15) is 17.2 Å². The second kappa shape index (κ2) is 7.66. The average Bonchev–Trinajstić information content (AvgIpc) is 3.02.